The second kappa shape index (κ2) is 7.88. The number of unbranched alkanes of at least 4 members (excludes halogenated alkanes) is 1. The standard InChI is InChI=1S/C19H19Cl3N2O/c1-25-17-6-5-11(20)8-14(17)19-13(4-2-3-7-23)18-15(22)9-12(21)10-16(18)24-19/h5-6,8-10,24H,2-4,7,23H2,1H3. The van der Waals surface area contributed by atoms with E-state index in [-0.39, 0.29) is 0 Å². The number of aryl methyl sites for hydroxylation is 1. The number of hydrogen-bond donors (Lipinski definition) is 2. The maximum atomic E-state index is 6.50. The summed E-state index contributed by atoms with van der Waals surface area (Å²) in [7, 11) is 1.65. The molecule has 25 heavy (non-hydrogen) atoms. The molecule has 0 aliphatic carbocycles. The van der Waals surface area contributed by atoms with Crippen molar-refractivity contribution in [2.24, 2.45) is 5.73 Å². The summed E-state index contributed by atoms with van der Waals surface area (Å²) in [6.07, 6.45) is 2.77. The zero-order valence-electron chi connectivity index (χ0n) is 13.8. The van der Waals surface area contributed by atoms with Crippen molar-refractivity contribution in [3.8, 4) is 17.0 Å². The molecule has 132 valence electrons. The van der Waals surface area contributed by atoms with Gasteiger partial charge < -0.3 is 15.5 Å². The van der Waals surface area contributed by atoms with Crippen LogP contribution in [-0.2, 0) is 6.42 Å². The number of ether oxygens (including phenoxy) is 1. The molecule has 3 nitrogen and oxygen atoms in total. The van der Waals surface area contributed by atoms with Gasteiger partial charge in [-0.1, -0.05) is 34.8 Å². The predicted octanol–water partition coefficient (Wildman–Crippen LogP) is 6.09. The van der Waals surface area contributed by atoms with Crippen LogP contribution in [0.4, 0.5) is 0 Å². The molecule has 0 saturated heterocycles. The maximum Gasteiger partial charge on any atom is 0.128 e. The zero-order chi connectivity index (χ0) is 18.0. The largest absolute Gasteiger partial charge is 0.496 e. The lowest BCUT2D eigenvalue weighted by molar-refractivity contribution is 0.416. The molecular formula is C19H19Cl3N2O. The Kier molecular flexibility index (Phi) is 5.80. The Hall–Kier alpha value is -1.39. The number of halogens is 3. The van der Waals surface area contributed by atoms with Gasteiger partial charge in [0.15, 0.2) is 0 Å². The Morgan fingerprint density at radius 2 is 1.84 bits per heavy atom. The Labute approximate surface area is 162 Å². The highest BCUT2D eigenvalue weighted by atomic mass is 35.5. The molecule has 1 aromatic heterocycles. The van der Waals surface area contributed by atoms with Crippen LogP contribution in [-0.4, -0.2) is 18.6 Å². The molecule has 0 atom stereocenters. The second-order valence-corrected chi connectivity index (χ2v) is 7.16. The number of fused-ring (bicyclic) bond motifs is 1. The van der Waals surface area contributed by atoms with Gasteiger partial charge in [-0.2, -0.15) is 0 Å². The molecule has 0 spiro atoms. The second-order valence-electron chi connectivity index (χ2n) is 5.88. The van der Waals surface area contributed by atoms with Gasteiger partial charge in [-0.3, -0.25) is 0 Å². The highest BCUT2D eigenvalue weighted by molar-refractivity contribution is 6.39. The van der Waals surface area contributed by atoms with E-state index in [2.05, 4.69) is 4.98 Å². The molecule has 0 amide bonds. The summed E-state index contributed by atoms with van der Waals surface area (Å²) >= 11 is 18.9. The first-order chi connectivity index (χ1) is 12.0. The van der Waals surface area contributed by atoms with E-state index >= 15 is 0 Å². The molecule has 0 unspecified atom stereocenters. The fourth-order valence-corrected chi connectivity index (χ4v) is 3.90. The Morgan fingerprint density at radius 3 is 2.56 bits per heavy atom. The first-order valence-electron chi connectivity index (χ1n) is 8.08. The summed E-state index contributed by atoms with van der Waals surface area (Å²) in [5.41, 5.74) is 9.54. The molecule has 2 aromatic carbocycles. The minimum absolute atomic E-state index is 0.594. The highest BCUT2D eigenvalue weighted by Gasteiger charge is 2.19. The molecule has 0 aliphatic rings. The third kappa shape index (κ3) is 3.75. The summed E-state index contributed by atoms with van der Waals surface area (Å²) in [5.74, 6) is 0.748. The number of nitrogens with one attached hydrogen (secondary N) is 1. The number of nitrogens with two attached hydrogens (primary N) is 1. The number of benzene rings is 2. The van der Waals surface area contributed by atoms with E-state index in [0.717, 1.165) is 52.7 Å². The predicted molar refractivity (Wildman–Crippen MR) is 107 cm³/mol. The SMILES string of the molecule is COc1ccc(Cl)cc1-c1[nH]c2cc(Cl)cc(Cl)c2c1CCCCN. The zero-order valence-corrected chi connectivity index (χ0v) is 16.1. The van der Waals surface area contributed by atoms with Crippen LogP contribution in [0.5, 0.6) is 5.75 Å². The lowest BCUT2D eigenvalue weighted by Crippen LogP contribution is -1.99. The first kappa shape index (κ1) is 18.4. The van der Waals surface area contributed by atoms with Crippen molar-refractivity contribution in [3.05, 3.63) is 51.0 Å². The average Bonchev–Trinajstić information content (AvgIpc) is 2.93. The third-order valence-corrected chi connectivity index (χ3v) is 4.98. The maximum absolute atomic E-state index is 6.50. The van der Waals surface area contributed by atoms with E-state index in [1.165, 1.54) is 0 Å². The van der Waals surface area contributed by atoms with Crippen LogP contribution in [0, 0.1) is 0 Å². The van der Waals surface area contributed by atoms with Gasteiger partial charge in [0.2, 0.25) is 0 Å². The normalized spacial score (nSPS) is 11.2. The van der Waals surface area contributed by atoms with Crippen LogP contribution in [0.2, 0.25) is 15.1 Å². The van der Waals surface area contributed by atoms with Gasteiger partial charge in [-0.25, -0.2) is 0 Å². The van der Waals surface area contributed by atoms with E-state index in [9.17, 15) is 0 Å². The van der Waals surface area contributed by atoms with Gasteiger partial charge >= 0.3 is 0 Å². The van der Waals surface area contributed by atoms with Crippen molar-refractivity contribution >= 4 is 45.7 Å². The van der Waals surface area contributed by atoms with E-state index in [0.29, 0.717) is 21.6 Å². The summed E-state index contributed by atoms with van der Waals surface area (Å²) in [6.45, 7) is 0.664. The number of rotatable bonds is 6. The van der Waals surface area contributed by atoms with Gasteiger partial charge in [-0.15, -0.1) is 0 Å². The molecule has 0 fully saturated rings. The molecule has 0 radical (unpaired) electrons. The van der Waals surface area contributed by atoms with Crippen molar-refractivity contribution in [1.82, 2.24) is 4.98 Å². The van der Waals surface area contributed by atoms with Crippen LogP contribution in [0.25, 0.3) is 22.2 Å². The van der Waals surface area contributed by atoms with Crippen LogP contribution < -0.4 is 10.5 Å². The average molecular weight is 398 g/mol. The fraction of sp³-hybridized carbons (Fsp3) is 0.263. The van der Waals surface area contributed by atoms with E-state index in [1.807, 2.05) is 24.3 Å². The van der Waals surface area contributed by atoms with Gasteiger partial charge in [0.25, 0.3) is 0 Å². The first-order valence-corrected chi connectivity index (χ1v) is 9.22. The Balaban J connectivity index is 2.25. The van der Waals surface area contributed by atoms with Gasteiger partial charge in [0.1, 0.15) is 5.75 Å². The van der Waals surface area contributed by atoms with E-state index in [1.54, 1.807) is 13.2 Å². The Bertz CT molecular complexity index is 905. The van der Waals surface area contributed by atoms with Crippen molar-refractivity contribution in [1.29, 1.82) is 0 Å². The van der Waals surface area contributed by atoms with Gasteiger partial charge in [0.05, 0.1) is 17.8 Å². The molecule has 3 aromatic rings. The van der Waals surface area contributed by atoms with Gasteiger partial charge in [0, 0.05) is 26.5 Å². The number of methoxy groups -OCH3 is 1. The van der Waals surface area contributed by atoms with Crippen molar-refractivity contribution < 1.29 is 4.74 Å². The van der Waals surface area contributed by atoms with Crippen molar-refractivity contribution in [2.75, 3.05) is 13.7 Å². The summed E-state index contributed by atoms with van der Waals surface area (Å²) in [5, 5.41) is 2.86. The van der Waals surface area contributed by atoms with E-state index < -0.39 is 0 Å². The smallest absolute Gasteiger partial charge is 0.128 e. The quantitative estimate of drug-likeness (QED) is 0.495. The lowest BCUT2D eigenvalue weighted by atomic mass is 9.99. The van der Waals surface area contributed by atoms with Crippen LogP contribution in [0.15, 0.2) is 30.3 Å². The lowest BCUT2D eigenvalue weighted by Gasteiger charge is -2.11. The van der Waals surface area contributed by atoms with Crippen molar-refractivity contribution in [3.63, 3.8) is 0 Å². The topological polar surface area (TPSA) is 51.0 Å². The highest BCUT2D eigenvalue weighted by Crippen LogP contribution is 2.41. The number of aromatic amines is 1. The van der Waals surface area contributed by atoms with E-state index in [4.69, 9.17) is 45.3 Å². The van der Waals surface area contributed by atoms with Crippen LogP contribution in [0.3, 0.4) is 0 Å². The molecule has 3 N–H and O–H groups in total. The third-order valence-electron chi connectivity index (χ3n) is 4.23. The monoisotopic (exact) mass is 396 g/mol. The molecular weight excluding hydrogens is 379 g/mol. The number of aromatic nitrogens is 1. The molecule has 1 heterocycles. The molecule has 6 heteroatoms. The summed E-state index contributed by atoms with van der Waals surface area (Å²) in [6, 6.07) is 9.22. The van der Waals surface area contributed by atoms with Gasteiger partial charge in [-0.05, 0) is 61.7 Å². The summed E-state index contributed by atoms with van der Waals surface area (Å²) < 4.78 is 5.53. The molecule has 0 saturated carbocycles. The number of H-pyrrole nitrogens is 1. The summed E-state index contributed by atoms with van der Waals surface area (Å²) in [4.78, 5) is 3.45. The molecule has 0 bridgehead atoms. The number of hydrogen-bond acceptors (Lipinski definition) is 2. The molecule has 3 rings (SSSR count). The van der Waals surface area contributed by atoms with Crippen LogP contribution >= 0.6 is 34.8 Å². The molecule has 0 aliphatic heterocycles. The Morgan fingerprint density at radius 1 is 1.04 bits per heavy atom. The minimum Gasteiger partial charge on any atom is -0.496 e. The van der Waals surface area contributed by atoms with Crippen LogP contribution in [0.1, 0.15) is 18.4 Å². The minimum atomic E-state index is 0.594. The van der Waals surface area contributed by atoms with Crippen molar-refractivity contribution in [2.45, 2.75) is 19.3 Å². The fourth-order valence-electron chi connectivity index (χ4n) is 3.12.